The van der Waals surface area contributed by atoms with Gasteiger partial charge in [0.25, 0.3) is 0 Å². The molecule has 7 N–H and O–H groups in total. The molecule has 0 saturated carbocycles. The van der Waals surface area contributed by atoms with E-state index in [1.54, 1.807) is 0 Å². The van der Waals surface area contributed by atoms with E-state index in [-0.39, 0.29) is 42.3 Å². The number of unbranched alkanes of at least 4 members (excludes halogenated alkanes) is 4. The van der Waals surface area contributed by atoms with Gasteiger partial charge in [0.1, 0.15) is 0 Å². The fourth-order valence-electron chi connectivity index (χ4n) is 2.64. The van der Waals surface area contributed by atoms with E-state index in [0.29, 0.717) is 0 Å². The summed E-state index contributed by atoms with van der Waals surface area (Å²) in [4.78, 5) is 0. The molecule has 0 aliphatic carbocycles. The molecule has 0 rings (SSSR count). The van der Waals surface area contributed by atoms with Crippen LogP contribution >= 0.6 is 0 Å². The Morgan fingerprint density at radius 1 is 0.500 bits per heavy atom. The van der Waals surface area contributed by atoms with Crippen molar-refractivity contribution in [3.63, 3.8) is 0 Å². The second-order valence-electron chi connectivity index (χ2n) is 5.65. The van der Waals surface area contributed by atoms with E-state index in [4.69, 9.17) is 0 Å². The van der Waals surface area contributed by atoms with Crippen LogP contribution in [0.3, 0.4) is 0 Å². The molecule has 143 valence electrons. The third-order valence-electron chi connectivity index (χ3n) is 3.94. The van der Waals surface area contributed by atoms with Gasteiger partial charge in [0, 0.05) is 20.4 Å². The summed E-state index contributed by atoms with van der Waals surface area (Å²) >= 11 is 0. The molecule has 0 aromatic carbocycles. The first-order chi connectivity index (χ1) is 8.24. The topological polar surface area (TPSA) is 124 Å². The minimum absolute atomic E-state index is 0. The minimum Gasteiger partial charge on any atom is -0.870 e. The SMILES string of the molecule is CCCC[N+](CCCC)(CCCC)CCCC.O.O.O.[OH-].[Re]. The van der Waals surface area contributed by atoms with Gasteiger partial charge >= 0.3 is 0 Å². The average Bonchev–Trinajstić information content (AvgIpc) is 2.37. The zero-order chi connectivity index (χ0) is 13.0. The van der Waals surface area contributed by atoms with Crippen molar-refractivity contribution in [1.29, 1.82) is 0 Å². The third kappa shape index (κ3) is 18.5. The Kier molecular flexibility index (Phi) is 45.8. The maximum Gasteiger partial charge on any atom is 0.0786 e. The normalized spacial score (nSPS) is 9.27. The quantitative estimate of drug-likeness (QED) is 0.376. The zero-order valence-corrected chi connectivity index (χ0v) is 18.0. The molecule has 22 heavy (non-hydrogen) atoms. The van der Waals surface area contributed by atoms with Crippen molar-refractivity contribution in [3.05, 3.63) is 0 Å². The van der Waals surface area contributed by atoms with Crippen LogP contribution in [-0.4, -0.2) is 52.6 Å². The van der Waals surface area contributed by atoms with Gasteiger partial charge in [0.2, 0.25) is 0 Å². The molecular weight excluding hydrogens is 456 g/mol. The van der Waals surface area contributed by atoms with Crippen molar-refractivity contribution in [2.75, 3.05) is 26.2 Å². The van der Waals surface area contributed by atoms with Gasteiger partial charge in [-0.2, -0.15) is 0 Å². The van der Waals surface area contributed by atoms with Crippen LogP contribution in [0.4, 0.5) is 0 Å². The van der Waals surface area contributed by atoms with E-state index in [1.165, 1.54) is 82.0 Å². The maximum absolute atomic E-state index is 2.33. The molecule has 0 aromatic heterocycles. The minimum atomic E-state index is 0. The van der Waals surface area contributed by atoms with Gasteiger partial charge in [-0.05, 0) is 25.7 Å². The Balaban J connectivity index is -0.000000128. The molecule has 6 heteroatoms. The second kappa shape index (κ2) is 26.4. The molecule has 0 aromatic rings. The van der Waals surface area contributed by atoms with Crippen LogP contribution in [0.25, 0.3) is 0 Å². The summed E-state index contributed by atoms with van der Waals surface area (Å²) in [5, 5.41) is 0. The van der Waals surface area contributed by atoms with Crippen molar-refractivity contribution < 1.29 is 46.8 Å². The van der Waals surface area contributed by atoms with E-state index >= 15 is 0 Å². The molecule has 0 unspecified atom stereocenters. The average molecular weight is 500 g/mol. The molecule has 0 amide bonds. The van der Waals surface area contributed by atoms with Crippen LogP contribution in [0.5, 0.6) is 0 Å². The summed E-state index contributed by atoms with van der Waals surface area (Å²) in [7, 11) is 0. The van der Waals surface area contributed by atoms with E-state index < -0.39 is 0 Å². The van der Waals surface area contributed by atoms with Crippen molar-refractivity contribution in [1.82, 2.24) is 0 Å². The van der Waals surface area contributed by atoms with E-state index in [0.717, 1.165) is 0 Å². The fourth-order valence-corrected chi connectivity index (χ4v) is 2.64. The van der Waals surface area contributed by atoms with Crippen LogP contribution in [0.1, 0.15) is 79.1 Å². The van der Waals surface area contributed by atoms with Gasteiger partial charge in [-0.1, -0.05) is 53.4 Å². The molecule has 0 heterocycles. The predicted molar refractivity (Wildman–Crippen MR) is 92.1 cm³/mol. The Labute approximate surface area is 152 Å². The smallest absolute Gasteiger partial charge is 0.0786 e. The van der Waals surface area contributed by atoms with Crippen LogP contribution in [0.2, 0.25) is 0 Å². The van der Waals surface area contributed by atoms with Gasteiger partial charge in [0.05, 0.1) is 26.2 Å². The summed E-state index contributed by atoms with van der Waals surface area (Å²) in [6.45, 7) is 15.0. The Bertz CT molecular complexity index is 137. The Hall–Kier alpha value is 0.462. The number of nitrogens with zero attached hydrogens (tertiary/aromatic N) is 1. The van der Waals surface area contributed by atoms with Crippen LogP contribution in [0, 0.1) is 0 Å². The van der Waals surface area contributed by atoms with Gasteiger partial charge in [-0.25, -0.2) is 0 Å². The van der Waals surface area contributed by atoms with Gasteiger partial charge in [-0.15, -0.1) is 0 Å². The molecule has 0 spiro atoms. The summed E-state index contributed by atoms with van der Waals surface area (Å²) in [6, 6.07) is 0. The third-order valence-corrected chi connectivity index (χ3v) is 3.94. The molecule has 5 nitrogen and oxygen atoms in total. The zero-order valence-electron chi connectivity index (χ0n) is 15.3. The first-order valence-corrected chi connectivity index (χ1v) is 8.09. The number of quaternary nitrogens is 1. The number of hydrogen-bond acceptors (Lipinski definition) is 1. The summed E-state index contributed by atoms with van der Waals surface area (Å²) in [6.07, 6.45) is 11.1. The molecule has 0 bridgehead atoms. The summed E-state index contributed by atoms with van der Waals surface area (Å²) in [5.41, 5.74) is 0. The van der Waals surface area contributed by atoms with Gasteiger partial charge in [0.15, 0.2) is 0 Å². The monoisotopic (exact) mass is 500 g/mol. The molecule has 0 aliphatic rings. The van der Waals surface area contributed by atoms with E-state index in [1.807, 2.05) is 0 Å². The van der Waals surface area contributed by atoms with E-state index in [2.05, 4.69) is 27.7 Å². The maximum atomic E-state index is 2.33. The van der Waals surface area contributed by atoms with Crippen LogP contribution < -0.4 is 0 Å². The number of rotatable bonds is 12. The predicted octanol–water partition coefficient (Wildman–Crippen LogP) is 2.35. The first kappa shape index (κ1) is 38.2. The van der Waals surface area contributed by atoms with Gasteiger partial charge < -0.3 is 26.4 Å². The fraction of sp³-hybridized carbons (Fsp3) is 1.00. The van der Waals surface area contributed by atoms with E-state index in [9.17, 15) is 0 Å². The van der Waals surface area contributed by atoms with Crippen molar-refractivity contribution >= 4 is 0 Å². The Morgan fingerprint density at radius 3 is 0.818 bits per heavy atom. The van der Waals surface area contributed by atoms with Crippen molar-refractivity contribution in [3.8, 4) is 0 Å². The standard InChI is InChI=1S/C16H36N.4H2O.Re/c1-5-9-13-17(14-10-6-2,15-11-7-3)16-12-8-4;;;;;/h5-16H2,1-4H3;4*1H2;/q+1;;;;;/p-1. The van der Waals surface area contributed by atoms with Crippen molar-refractivity contribution in [2.24, 2.45) is 0 Å². The van der Waals surface area contributed by atoms with Crippen LogP contribution in [-0.2, 0) is 20.4 Å². The van der Waals surface area contributed by atoms with Crippen LogP contribution in [0.15, 0.2) is 0 Å². The molecule has 0 aliphatic heterocycles. The Morgan fingerprint density at radius 2 is 0.682 bits per heavy atom. The second-order valence-corrected chi connectivity index (χ2v) is 5.65. The molecule has 0 fully saturated rings. The molecular formula is C16H43NO4Re. The summed E-state index contributed by atoms with van der Waals surface area (Å²) < 4.78 is 1.42. The molecule has 0 saturated heterocycles. The van der Waals surface area contributed by atoms with Gasteiger partial charge in [-0.3, -0.25) is 0 Å². The largest absolute Gasteiger partial charge is 0.870 e. The molecule has 1 radical (unpaired) electrons. The van der Waals surface area contributed by atoms with Crippen molar-refractivity contribution in [2.45, 2.75) is 79.1 Å². The molecule has 0 atom stereocenters. The first-order valence-electron chi connectivity index (χ1n) is 8.09. The summed E-state index contributed by atoms with van der Waals surface area (Å²) in [5.74, 6) is 0. The number of hydrogen-bond donors (Lipinski definition) is 0.